The number of aliphatic hydroxyl groups excluding tert-OH is 1. The number of hydrogen-bond donors (Lipinski definition) is 1. The van der Waals surface area contributed by atoms with Gasteiger partial charge in [-0.05, 0) is 25.5 Å². The van der Waals surface area contributed by atoms with Crippen LogP contribution < -0.4 is 4.90 Å². The number of rotatable bonds is 2. The van der Waals surface area contributed by atoms with Crippen molar-refractivity contribution in [2.75, 3.05) is 24.7 Å². The van der Waals surface area contributed by atoms with Gasteiger partial charge in [-0.25, -0.2) is 4.98 Å². The number of aliphatic hydroxyl groups is 1. The quantitative estimate of drug-likeness (QED) is 0.839. The van der Waals surface area contributed by atoms with E-state index in [0.29, 0.717) is 24.5 Å². The van der Waals surface area contributed by atoms with Gasteiger partial charge in [0.25, 0.3) is 0 Å². The van der Waals surface area contributed by atoms with E-state index in [0.717, 1.165) is 5.56 Å². The number of ether oxygens (including phenoxy) is 1. The summed E-state index contributed by atoms with van der Waals surface area (Å²) in [6.45, 7) is 5.00. The molecule has 0 spiro atoms. The second kappa shape index (κ2) is 5.34. The molecule has 2 heterocycles. The molecule has 1 aliphatic heterocycles. The van der Waals surface area contributed by atoms with Gasteiger partial charge < -0.3 is 14.7 Å². The van der Waals surface area contributed by atoms with E-state index in [-0.39, 0.29) is 18.8 Å². The number of anilines is 1. The Bertz CT molecular complexity index is 470. The van der Waals surface area contributed by atoms with Crippen LogP contribution in [0.4, 0.5) is 5.82 Å². The molecule has 2 unspecified atom stereocenters. The van der Waals surface area contributed by atoms with Crippen LogP contribution >= 0.6 is 0 Å². The Kier molecular flexibility index (Phi) is 3.80. The molecule has 96 valence electrons. The van der Waals surface area contributed by atoms with Gasteiger partial charge in [-0.15, -0.1) is 0 Å². The molecule has 2 atom stereocenters. The summed E-state index contributed by atoms with van der Waals surface area (Å²) >= 11 is 0. The molecule has 0 amide bonds. The van der Waals surface area contributed by atoms with Crippen LogP contribution in [0, 0.1) is 18.3 Å². The molecule has 1 saturated heterocycles. The van der Waals surface area contributed by atoms with Gasteiger partial charge in [-0.3, -0.25) is 0 Å². The van der Waals surface area contributed by atoms with Crippen molar-refractivity contribution in [2.24, 2.45) is 0 Å². The highest BCUT2D eigenvalue weighted by Crippen LogP contribution is 2.24. The monoisotopic (exact) mass is 247 g/mol. The minimum Gasteiger partial charge on any atom is -0.394 e. The van der Waals surface area contributed by atoms with Gasteiger partial charge >= 0.3 is 0 Å². The standard InChI is InChI=1S/C13H17N3O2/c1-9-3-4-15-13(12(9)5-14)16-6-11(7-17)18-8-10(16)2/h3-4,10-11,17H,6-8H2,1-2H3. The van der Waals surface area contributed by atoms with Crippen molar-refractivity contribution < 1.29 is 9.84 Å². The Morgan fingerprint density at radius 2 is 2.44 bits per heavy atom. The summed E-state index contributed by atoms with van der Waals surface area (Å²) < 4.78 is 5.49. The van der Waals surface area contributed by atoms with E-state index in [1.807, 2.05) is 24.8 Å². The van der Waals surface area contributed by atoms with Gasteiger partial charge in [0.2, 0.25) is 0 Å². The van der Waals surface area contributed by atoms with Gasteiger partial charge in [0.1, 0.15) is 11.9 Å². The lowest BCUT2D eigenvalue weighted by atomic mass is 10.1. The Hall–Kier alpha value is -1.64. The molecular formula is C13H17N3O2. The minimum absolute atomic E-state index is 0.0169. The number of aryl methyl sites for hydroxylation is 1. The van der Waals surface area contributed by atoms with Crippen LogP contribution in [0.25, 0.3) is 0 Å². The number of aromatic nitrogens is 1. The third-order valence-electron chi connectivity index (χ3n) is 3.23. The first-order valence-electron chi connectivity index (χ1n) is 6.02. The number of morpholine rings is 1. The van der Waals surface area contributed by atoms with Gasteiger partial charge in [0, 0.05) is 12.7 Å². The largest absolute Gasteiger partial charge is 0.394 e. The smallest absolute Gasteiger partial charge is 0.147 e. The summed E-state index contributed by atoms with van der Waals surface area (Å²) in [4.78, 5) is 6.36. The van der Waals surface area contributed by atoms with Gasteiger partial charge in [0.05, 0.1) is 30.9 Å². The molecule has 18 heavy (non-hydrogen) atoms. The Labute approximate surface area is 107 Å². The molecule has 1 N–H and O–H groups in total. The van der Waals surface area contributed by atoms with Gasteiger partial charge in [-0.1, -0.05) is 0 Å². The molecule has 1 aromatic rings. The van der Waals surface area contributed by atoms with Crippen LogP contribution in [0.2, 0.25) is 0 Å². The minimum atomic E-state index is -0.213. The summed E-state index contributed by atoms with van der Waals surface area (Å²) in [5, 5.41) is 18.4. The highest BCUT2D eigenvalue weighted by atomic mass is 16.5. The van der Waals surface area contributed by atoms with Crippen molar-refractivity contribution in [1.82, 2.24) is 4.98 Å². The van der Waals surface area contributed by atoms with Crippen LogP contribution in [-0.2, 0) is 4.74 Å². The maximum absolute atomic E-state index is 9.24. The number of nitriles is 1. The zero-order valence-corrected chi connectivity index (χ0v) is 10.6. The van der Waals surface area contributed by atoms with Crippen molar-refractivity contribution >= 4 is 5.82 Å². The second-order valence-corrected chi connectivity index (χ2v) is 4.58. The summed E-state index contributed by atoms with van der Waals surface area (Å²) in [6.07, 6.45) is 1.50. The summed E-state index contributed by atoms with van der Waals surface area (Å²) in [6, 6.07) is 4.18. The number of hydrogen-bond acceptors (Lipinski definition) is 5. The molecule has 1 aromatic heterocycles. The van der Waals surface area contributed by atoms with Crippen molar-refractivity contribution in [3.63, 3.8) is 0 Å². The zero-order valence-electron chi connectivity index (χ0n) is 10.6. The lowest BCUT2D eigenvalue weighted by Gasteiger charge is -2.38. The fourth-order valence-electron chi connectivity index (χ4n) is 2.12. The average molecular weight is 247 g/mol. The van der Waals surface area contributed by atoms with E-state index >= 15 is 0 Å². The Balaban J connectivity index is 2.35. The van der Waals surface area contributed by atoms with Crippen LogP contribution in [0.3, 0.4) is 0 Å². The van der Waals surface area contributed by atoms with Crippen LogP contribution in [0.15, 0.2) is 12.3 Å². The van der Waals surface area contributed by atoms with Crippen LogP contribution in [0.1, 0.15) is 18.1 Å². The SMILES string of the molecule is Cc1ccnc(N2CC(CO)OCC2C)c1C#N. The molecule has 2 rings (SSSR count). The molecule has 0 saturated carbocycles. The average Bonchev–Trinajstić information content (AvgIpc) is 2.39. The fourth-order valence-corrected chi connectivity index (χ4v) is 2.12. The molecule has 1 aliphatic rings. The first-order valence-corrected chi connectivity index (χ1v) is 6.02. The maximum Gasteiger partial charge on any atom is 0.147 e. The van der Waals surface area contributed by atoms with E-state index in [1.54, 1.807) is 6.20 Å². The predicted octanol–water partition coefficient (Wildman–Crippen LogP) is 0.848. The van der Waals surface area contributed by atoms with Gasteiger partial charge in [-0.2, -0.15) is 5.26 Å². The van der Waals surface area contributed by atoms with Gasteiger partial charge in [0.15, 0.2) is 0 Å². The van der Waals surface area contributed by atoms with E-state index < -0.39 is 0 Å². The molecule has 1 fully saturated rings. The van der Waals surface area contributed by atoms with E-state index in [2.05, 4.69) is 11.1 Å². The van der Waals surface area contributed by atoms with E-state index in [4.69, 9.17) is 4.74 Å². The van der Waals surface area contributed by atoms with E-state index in [1.165, 1.54) is 0 Å². The molecule has 0 bridgehead atoms. The zero-order chi connectivity index (χ0) is 13.1. The number of nitrogens with zero attached hydrogens (tertiary/aromatic N) is 3. The lowest BCUT2D eigenvalue weighted by Crippen LogP contribution is -2.50. The maximum atomic E-state index is 9.24. The van der Waals surface area contributed by atoms with Crippen molar-refractivity contribution in [3.8, 4) is 6.07 Å². The Morgan fingerprint density at radius 3 is 3.11 bits per heavy atom. The lowest BCUT2D eigenvalue weighted by molar-refractivity contribution is -0.0105. The molecular weight excluding hydrogens is 230 g/mol. The molecule has 5 nitrogen and oxygen atoms in total. The molecule has 0 radical (unpaired) electrons. The number of pyridine rings is 1. The predicted molar refractivity (Wildman–Crippen MR) is 67.3 cm³/mol. The first-order chi connectivity index (χ1) is 8.67. The molecule has 0 aromatic carbocycles. The Morgan fingerprint density at radius 1 is 1.67 bits per heavy atom. The topological polar surface area (TPSA) is 69.4 Å². The van der Waals surface area contributed by atoms with Crippen molar-refractivity contribution in [2.45, 2.75) is 26.0 Å². The normalized spacial score (nSPS) is 23.8. The van der Waals surface area contributed by atoms with E-state index in [9.17, 15) is 10.4 Å². The highest BCUT2D eigenvalue weighted by molar-refractivity contribution is 5.58. The van der Waals surface area contributed by atoms with Crippen molar-refractivity contribution in [3.05, 3.63) is 23.4 Å². The summed E-state index contributed by atoms with van der Waals surface area (Å²) in [5.74, 6) is 0.687. The molecule has 5 heteroatoms. The third-order valence-corrected chi connectivity index (χ3v) is 3.23. The summed E-state index contributed by atoms with van der Waals surface area (Å²) in [7, 11) is 0. The van der Waals surface area contributed by atoms with Crippen LogP contribution in [0.5, 0.6) is 0 Å². The molecule has 0 aliphatic carbocycles. The van der Waals surface area contributed by atoms with Crippen LogP contribution in [-0.4, -0.2) is 42.0 Å². The summed E-state index contributed by atoms with van der Waals surface area (Å²) in [5.41, 5.74) is 1.52. The van der Waals surface area contributed by atoms with Crippen molar-refractivity contribution in [1.29, 1.82) is 5.26 Å². The second-order valence-electron chi connectivity index (χ2n) is 4.58. The fraction of sp³-hybridized carbons (Fsp3) is 0.538. The highest BCUT2D eigenvalue weighted by Gasteiger charge is 2.28. The first kappa shape index (κ1) is 12.8. The third kappa shape index (κ3) is 2.30.